The van der Waals surface area contributed by atoms with Crippen LogP contribution in [-0.2, 0) is 11.3 Å². The van der Waals surface area contributed by atoms with Gasteiger partial charge in [0.05, 0.1) is 6.54 Å². The molecule has 1 aromatic carbocycles. The standard InChI is InChI=1S/C17H21N3OS/c1-2-20(12-14-9-6-10-22-14)17(21)16-11-15(18-19-16)13-7-4-3-5-8-13/h3-10,15-16,18-19H,2,11-12H2,1H3. The lowest BCUT2D eigenvalue weighted by Gasteiger charge is -2.23. The first-order valence-corrected chi connectivity index (χ1v) is 8.53. The summed E-state index contributed by atoms with van der Waals surface area (Å²) in [4.78, 5) is 15.8. The molecule has 0 saturated carbocycles. The number of rotatable bonds is 5. The van der Waals surface area contributed by atoms with Gasteiger partial charge in [-0.25, -0.2) is 10.9 Å². The Labute approximate surface area is 135 Å². The zero-order chi connectivity index (χ0) is 15.4. The van der Waals surface area contributed by atoms with E-state index in [0.717, 1.165) is 13.0 Å². The molecule has 0 spiro atoms. The van der Waals surface area contributed by atoms with Crippen LogP contribution in [-0.4, -0.2) is 23.4 Å². The lowest BCUT2D eigenvalue weighted by atomic mass is 10.0. The first kappa shape index (κ1) is 15.2. The molecule has 2 atom stereocenters. The number of benzene rings is 1. The van der Waals surface area contributed by atoms with Gasteiger partial charge in [0.15, 0.2) is 0 Å². The molecular weight excluding hydrogens is 294 g/mol. The topological polar surface area (TPSA) is 44.4 Å². The second-order valence-electron chi connectivity index (χ2n) is 5.47. The highest BCUT2D eigenvalue weighted by molar-refractivity contribution is 7.09. The van der Waals surface area contributed by atoms with Crippen LogP contribution in [0.3, 0.4) is 0 Å². The van der Waals surface area contributed by atoms with Crippen LogP contribution < -0.4 is 10.9 Å². The van der Waals surface area contributed by atoms with E-state index in [1.54, 1.807) is 11.3 Å². The zero-order valence-electron chi connectivity index (χ0n) is 12.7. The summed E-state index contributed by atoms with van der Waals surface area (Å²) in [5.74, 6) is 0.168. The maximum atomic E-state index is 12.7. The maximum absolute atomic E-state index is 12.7. The smallest absolute Gasteiger partial charge is 0.241 e. The SMILES string of the molecule is CCN(Cc1cccs1)C(=O)C1CC(c2ccccc2)NN1. The van der Waals surface area contributed by atoms with Crippen molar-refractivity contribution in [1.29, 1.82) is 0 Å². The van der Waals surface area contributed by atoms with E-state index in [4.69, 9.17) is 0 Å². The van der Waals surface area contributed by atoms with Crippen LogP contribution in [0.15, 0.2) is 47.8 Å². The predicted octanol–water partition coefficient (Wildman–Crippen LogP) is 2.70. The molecule has 5 heteroatoms. The Hall–Kier alpha value is -1.69. The van der Waals surface area contributed by atoms with Gasteiger partial charge >= 0.3 is 0 Å². The average Bonchev–Trinajstić information content (AvgIpc) is 3.24. The third kappa shape index (κ3) is 3.38. The minimum absolute atomic E-state index is 0.162. The number of thiophene rings is 1. The number of carbonyl (C=O) groups excluding carboxylic acids is 1. The molecule has 0 bridgehead atoms. The molecule has 2 unspecified atom stereocenters. The highest BCUT2D eigenvalue weighted by atomic mass is 32.1. The van der Waals surface area contributed by atoms with Crippen LogP contribution in [0.4, 0.5) is 0 Å². The molecule has 1 fully saturated rings. The van der Waals surface area contributed by atoms with Crippen molar-refractivity contribution in [3.05, 3.63) is 58.3 Å². The predicted molar refractivity (Wildman–Crippen MR) is 89.3 cm³/mol. The van der Waals surface area contributed by atoms with E-state index >= 15 is 0 Å². The molecule has 1 aliphatic rings. The largest absolute Gasteiger partial charge is 0.336 e. The molecule has 4 nitrogen and oxygen atoms in total. The van der Waals surface area contributed by atoms with E-state index in [0.29, 0.717) is 6.54 Å². The van der Waals surface area contributed by atoms with Crippen LogP contribution in [0.5, 0.6) is 0 Å². The summed E-state index contributed by atoms with van der Waals surface area (Å²) in [6.45, 7) is 3.45. The van der Waals surface area contributed by atoms with Crippen molar-refractivity contribution in [1.82, 2.24) is 15.8 Å². The van der Waals surface area contributed by atoms with Gasteiger partial charge in [-0.1, -0.05) is 36.4 Å². The molecule has 22 heavy (non-hydrogen) atoms. The summed E-state index contributed by atoms with van der Waals surface area (Å²) in [6.07, 6.45) is 0.782. The van der Waals surface area contributed by atoms with E-state index in [9.17, 15) is 4.79 Å². The van der Waals surface area contributed by atoms with Crippen LogP contribution in [0, 0.1) is 0 Å². The molecule has 1 aliphatic heterocycles. The first-order chi connectivity index (χ1) is 10.8. The van der Waals surface area contributed by atoms with Crippen molar-refractivity contribution < 1.29 is 4.79 Å². The van der Waals surface area contributed by atoms with Gasteiger partial charge in [-0.05, 0) is 30.4 Å². The van der Waals surface area contributed by atoms with Crippen LogP contribution in [0.2, 0.25) is 0 Å². The van der Waals surface area contributed by atoms with E-state index in [2.05, 4.69) is 34.4 Å². The summed E-state index contributed by atoms with van der Waals surface area (Å²) >= 11 is 1.69. The summed E-state index contributed by atoms with van der Waals surface area (Å²) in [6, 6.07) is 14.4. The normalized spacial score (nSPS) is 21.0. The van der Waals surface area contributed by atoms with E-state index in [1.807, 2.05) is 36.1 Å². The van der Waals surface area contributed by atoms with Gasteiger partial charge in [-0.2, -0.15) is 0 Å². The zero-order valence-corrected chi connectivity index (χ0v) is 13.5. The molecule has 0 aliphatic carbocycles. The second kappa shape index (κ2) is 7.05. The number of hydrazine groups is 1. The van der Waals surface area contributed by atoms with Gasteiger partial charge in [0, 0.05) is 17.5 Å². The van der Waals surface area contributed by atoms with Gasteiger partial charge in [0.1, 0.15) is 6.04 Å². The monoisotopic (exact) mass is 315 g/mol. The fourth-order valence-corrected chi connectivity index (χ4v) is 3.50. The summed E-state index contributed by atoms with van der Waals surface area (Å²) in [5.41, 5.74) is 7.62. The lowest BCUT2D eigenvalue weighted by molar-refractivity contribution is -0.133. The number of hydrogen-bond acceptors (Lipinski definition) is 4. The molecule has 2 N–H and O–H groups in total. The van der Waals surface area contributed by atoms with Gasteiger partial charge in [0.2, 0.25) is 5.91 Å². The lowest BCUT2D eigenvalue weighted by Crippen LogP contribution is -2.45. The van der Waals surface area contributed by atoms with E-state index in [-0.39, 0.29) is 18.0 Å². The highest BCUT2D eigenvalue weighted by Crippen LogP contribution is 2.23. The van der Waals surface area contributed by atoms with E-state index in [1.165, 1.54) is 10.4 Å². The van der Waals surface area contributed by atoms with Gasteiger partial charge in [-0.15, -0.1) is 11.3 Å². The molecule has 0 radical (unpaired) electrons. The highest BCUT2D eigenvalue weighted by Gasteiger charge is 2.32. The number of carbonyl (C=O) groups is 1. The average molecular weight is 315 g/mol. The summed E-state index contributed by atoms with van der Waals surface area (Å²) in [5, 5.41) is 2.05. The Balaban J connectivity index is 1.62. The molecule has 3 rings (SSSR count). The Bertz CT molecular complexity index is 600. The third-order valence-corrected chi connectivity index (χ3v) is 4.88. The Morgan fingerprint density at radius 2 is 2.05 bits per heavy atom. The van der Waals surface area contributed by atoms with Crippen LogP contribution in [0.25, 0.3) is 0 Å². The molecule has 2 heterocycles. The third-order valence-electron chi connectivity index (χ3n) is 4.02. The second-order valence-corrected chi connectivity index (χ2v) is 6.50. The summed E-state index contributed by atoms with van der Waals surface area (Å²) < 4.78 is 0. The quantitative estimate of drug-likeness (QED) is 0.892. The van der Waals surface area contributed by atoms with Gasteiger partial charge in [0.25, 0.3) is 0 Å². The Morgan fingerprint density at radius 3 is 2.73 bits per heavy atom. The van der Waals surface area contributed by atoms with Gasteiger partial charge in [-0.3, -0.25) is 4.79 Å². The molecule has 116 valence electrons. The first-order valence-electron chi connectivity index (χ1n) is 7.65. The number of likely N-dealkylation sites (N-methyl/N-ethyl adjacent to an activating group) is 1. The van der Waals surface area contributed by atoms with Gasteiger partial charge < -0.3 is 4.90 Å². The number of hydrogen-bond donors (Lipinski definition) is 2. The van der Waals surface area contributed by atoms with Crippen molar-refractivity contribution in [2.45, 2.75) is 32.0 Å². The van der Waals surface area contributed by atoms with Crippen LogP contribution >= 0.6 is 11.3 Å². The number of nitrogens with one attached hydrogen (secondary N) is 2. The minimum Gasteiger partial charge on any atom is -0.336 e. The van der Waals surface area contributed by atoms with Crippen molar-refractivity contribution in [3.8, 4) is 0 Å². The van der Waals surface area contributed by atoms with Crippen molar-refractivity contribution in [2.75, 3.05) is 6.54 Å². The van der Waals surface area contributed by atoms with Crippen molar-refractivity contribution in [2.24, 2.45) is 0 Å². The maximum Gasteiger partial charge on any atom is 0.241 e. The molecular formula is C17H21N3OS. The fourth-order valence-electron chi connectivity index (χ4n) is 2.78. The molecule has 1 amide bonds. The van der Waals surface area contributed by atoms with Crippen molar-refractivity contribution in [3.63, 3.8) is 0 Å². The number of amides is 1. The fraction of sp³-hybridized carbons (Fsp3) is 0.353. The van der Waals surface area contributed by atoms with Crippen LogP contribution in [0.1, 0.15) is 29.8 Å². The Kier molecular flexibility index (Phi) is 4.87. The molecule has 1 saturated heterocycles. The Morgan fingerprint density at radius 1 is 1.23 bits per heavy atom. The molecule has 1 aromatic heterocycles. The summed E-state index contributed by atoms with van der Waals surface area (Å²) in [7, 11) is 0. The molecule has 2 aromatic rings. The number of nitrogens with zero attached hydrogens (tertiary/aromatic N) is 1. The van der Waals surface area contributed by atoms with E-state index < -0.39 is 0 Å². The minimum atomic E-state index is -0.162. The van der Waals surface area contributed by atoms with Crippen molar-refractivity contribution >= 4 is 17.2 Å².